The van der Waals surface area contributed by atoms with Gasteiger partial charge in [-0.25, -0.2) is 9.59 Å². The molecule has 0 bridgehead atoms. The van der Waals surface area contributed by atoms with E-state index in [-0.39, 0.29) is 12.0 Å². The minimum Gasteiger partial charge on any atom is -0.480 e. The molecule has 0 aliphatic rings. The Morgan fingerprint density at radius 2 is 1.13 bits per heavy atom. The quantitative estimate of drug-likeness (QED) is 0.169. The molecule has 266 valence electrons. The van der Waals surface area contributed by atoms with E-state index >= 15 is 0 Å². The molecule has 0 aliphatic heterocycles. The number of benzene rings is 1. The summed E-state index contributed by atoms with van der Waals surface area (Å²) in [7, 11) is 0. The highest BCUT2D eigenvalue weighted by Gasteiger charge is 2.95. The number of alkyl carbamates (subject to hydrolysis) is 1. The van der Waals surface area contributed by atoms with Crippen LogP contribution < -0.4 is 5.32 Å². The molecule has 23 heteroatoms. The molecular formula is C23H20F17NO4S. The Bertz CT molecular complexity index is 1210. The normalized spacial score (nSPS) is 15.0. The number of carboxylic acids is 1. The van der Waals surface area contributed by atoms with Gasteiger partial charge in [-0.05, 0) is 36.0 Å². The van der Waals surface area contributed by atoms with E-state index in [1.807, 2.05) is 5.32 Å². The number of nitrogens with one attached hydrogen (secondary N) is 1. The second-order valence-corrected chi connectivity index (χ2v) is 10.3. The van der Waals surface area contributed by atoms with Crippen LogP contribution in [0.2, 0.25) is 0 Å². The molecule has 0 saturated heterocycles. The highest BCUT2D eigenvalue weighted by molar-refractivity contribution is 7.98. The van der Waals surface area contributed by atoms with Gasteiger partial charge in [-0.15, -0.1) is 0 Å². The zero-order chi connectivity index (χ0) is 36.4. The number of amides is 1. The fourth-order valence-corrected chi connectivity index (χ4v) is 3.75. The summed E-state index contributed by atoms with van der Waals surface area (Å²) in [5.41, 5.74) is -0.458. The lowest BCUT2D eigenvalue weighted by atomic mass is 9.87. The van der Waals surface area contributed by atoms with Crippen molar-refractivity contribution in [3.63, 3.8) is 0 Å². The molecule has 0 spiro atoms. The van der Waals surface area contributed by atoms with E-state index in [2.05, 4.69) is 0 Å². The number of carboxylic acid groups (broad SMARTS) is 1. The summed E-state index contributed by atoms with van der Waals surface area (Å²) in [5, 5.41) is 11.1. The molecule has 0 aromatic heterocycles. The molecule has 1 atom stereocenters. The van der Waals surface area contributed by atoms with E-state index in [1.165, 1.54) is 11.8 Å². The molecular weight excluding hydrogens is 709 g/mol. The Labute approximate surface area is 250 Å². The fraction of sp³-hybridized carbons (Fsp3) is 0.652. The summed E-state index contributed by atoms with van der Waals surface area (Å²) in [6, 6.07) is 2.16. The van der Waals surface area contributed by atoms with E-state index < -0.39 is 90.8 Å². The molecule has 5 nitrogen and oxygen atoms in total. The van der Waals surface area contributed by atoms with E-state index in [4.69, 9.17) is 9.84 Å². The van der Waals surface area contributed by atoms with Gasteiger partial charge in [0.05, 0.1) is 0 Å². The van der Waals surface area contributed by atoms with Gasteiger partial charge in [0.2, 0.25) is 0 Å². The number of ether oxygens (including phenoxy) is 1. The molecule has 1 aromatic carbocycles. The summed E-state index contributed by atoms with van der Waals surface area (Å²) < 4.78 is 232. The summed E-state index contributed by atoms with van der Waals surface area (Å²) in [4.78, 5) is 22.9. The maximum Gasteiger partial charge on any atom is 0.460 e. The maximum atomic E-state index is 14.1. The van der Waals surface area contributed by atoms with Crippen molar-refractivity contribution in [2.45, 2.75) is 79.5 Å². The van der Waals surface area contributed by atoms with Crippen LogP contribution >= 0.6 is 11.8 Å². The van der Waals surface area contributed by atoms with Crippen LogP contribution in [-0.2, 0) is 22.6 Å². The zero-order valence-corrected chi connectivity index (χ0v) is 23.2. The van der Waals surface area contributed by atoms with Crippen molar-refractivity contribution in [1.82, 2.24) is 5.32 Å². The van der Waals surface area contributed by atoms with Crippen LogP contribution in [0.15, 0.2) is 24.3 Å². The van der Waals surface area contributed by atoms with Gasteiger partial charge < -0.3 is 15.2 Å². The average Bonchev–Trinajstić information content (AvgIpc) is 2.92. The molecule has 0 unspecified atom stereocenters. The van der Waals surface area contributed by atoms with Crippen molar-refractivity contribution in [3.05, 3.63) is 35.4 Å². The smallest absolute Gasteiger partial charge is 0.460 e. The first-order chi connectivity index (χ1) is 20.5. The lowest BCUT2D eigenvalue weighted by Crippen LogP contribution is -2.74. The average molecular weight is 729 g/mol. The van der Waals surface area contributed by atoms with Crippen LogP contribution in [0.5, 0.6) is 0 Å². The molecule has 0 aliphatic carbocycles. The van der Waals surface area contributed by atoms with Gasteiger partial charge in [-0.1, -0.05) is 24.3 Å². The minimum absolute atomic E-state index is 0.0104. The molecule has 0 radical (unpaired) electrons. The molecule has 0 fully saturated rings. The molecule has 46 heavy (non-hydrogen) atoms. The van der Waals surface area contributed by atoms with Gasteiger partial charge in [0.1, 0.15) is 12.6 Å². The maximum absolute atomic E-state index is 14.1. The Kier molecular flexibility index (Phi) is 12.2. The van der Waals surface area contributed by atoms with Crippen molar-refractivity contribution in [2.75, 3.05) is 12.0 Å². The Balaban J connectivity index is 3.09. The third kappa shape index (κ3) is 7.63. The standard InChI is InChI=1S/C23H20F17NO4S/c1-46-9-7-13(14(42)43)41-15(44)45-10-12-4-2-11(3-5-12)6-8-16(24,25)17(26,27)18(28,29)19(30,31)20(32,33)21(34,35)22(36,37)23(38,39)40/h2-5,13H,6-10H2,1H3,(H,41,44)(H,42,43)/t13-/m0/s1. The van der Waals surface area contributed by atoms with E-state index in [0.29, 0.717) is 5.75 Å². The fourth-order valence-electron chi connectivity index (χ4n) is 3.28. The molecule has 1 amide bonds. The number of carbonyl (C=O) groups excluding carboxylic acids is 1. The second-order valence-electron chi connectivity index (χ2n) is 9.36. The largest absolute Gasteiger partial charge is 0.480 e. The van der Waals surface area contributed by atoms with Gasteiger partial charge >= 0.3 is 59.7 Å². The number of aryl methyl sites for hydroxylation is 1. The predicted molar refractivity (Wildman–Crippen MR) is 123 cm³/mol. The van der Waals surface area contributed by atoms with Crippen molar-refractivity contribution in [3.8, 4) is 0 Å². The predicted octanol–water partition coefficient (Wildman–Crippen LogP) is 8.06. The summed E-state index contributed by atoms with van der Waals surface area (Å²) >= 11 is 1.27. The SMILES string of the molecule is CSCC[C@H](NC(=O)OCc1ccc(CCC(F)(F)C(F)(F)C(F)(F)C(F)(F)C(F)(F)C(F)(F)C(F)(F)C(F)(F)F)cc1)C(=O)O. The number of halogens is 17. The lowest BCUT2D eigenvalue weighted by molar-refractivity contribution is -0.461. The van der Waals surface area contributed by atoms with E-state index in [0.717, 1.165) is 24.3 Å². The Morgan fingerprint density at radius 3 is 1.54 bits per heavy atom. The Hall–Kier alpha value is -2.88. The topological polar surface area (TPSA) is 75.6 Å². The summed E-state index contributed by atoms with van der Waals surface area (Å²) in [5.74, 6) is -57.7. The first-order valence-electron chi connectivity index (χ1n) is 11.9. The van der Waals surface area contributed by atoms with Gasteiger partial charge in [0.25, 0.3) is 0 Å². The van der Waals surface area contributed by atoms with Crippen LogP contribution in [0, 0.1) is 0 Å². The summed E-state index contributed by atoms with van der Waals surface area (Å²) in [6.07, 6.45) is -11.4. The minimum atomic E-state index is -8.68. The van der Waals surface area contributed by atoms with Gasteiger partial charge in [-0.2, -0.15) is 86.4 Å². The number of hydrogen-bond donors (Lipinski definition) is 2. The van der Waals surface area contributed by atoms with Crippen LogP contribution in [0.25, 0.3) is 0 Å². The number of rotatable bonds is 16. The molecule has 0 saturated carbocycles. The molecule has 0 heterocycles. The zero-order valence-electron chi connectivity index (χ0n) is 22.4. The van der Waals surface area contributed by atoms with Crippen molar-refractivity contribution < 1.29 is 94.1 Å². The Morgan fingerprint density at radius 1 is 0.717 bits per heavy atom. The first kappa shape index (κ1) is 41.1. The highest BCUT2D eigenvalue weighted by Crippen LogP contribution is 2.64. The van der Waals surface area contributed by atoms with Crippen LogP contribution in [0.3, 0.4) is 0 Å². The number of aliphatic carboxylic acids is 1. The number of alkyl halides is 17. The molecule has 1 aromatic rings. The third-order valence-corrected chi connectivity index (χ3v) is 6.75. The van der Waals surface area contributed by atoms with Crippen molar-refractivity contribution >= 4 is 23.8 Å². The number of hydrogen-bond acceptors (Lipinski definition) is 4. The first-order valence-corrected chi connectivity index (χ1v) is 13.3. The van der Waals surface area contributed by atoms with E-state index in [9.17, 15) is 84.2 Å². The summed E-state index contributed by atoms with van der Waals surface area (Å²) in [6.45, 7) is -0.608. The monoisotopic (exact) mass is 729 g/mol. The number of carbonyl (C=O) groups is 2. The molecule has 2 N–H and O–H groups in total. The lowest BCUT2D eigenvalue weighted by Gasteiger charge is -2.42. The third-order valence-electron chi connectivity index (χ3n) is 6.11. The van der Waals surface area contributed by atoms with Crippen molar-refractivity contribution in [1.29, 1.82) is 0 Å². The molecule has 1 rings (SSSR count). The second kappa shape index (κ2) is 13.7. The van der Waals surface area contributed by atoms with Gasteiger partial charge in [-0.3, -0.25) is 0 Å². The van der Waals surface area contributed by atoms with Crippen LogP contribution in [0.1, 0.15) is 24.0 Å². The number of thioether (sulfide) groups is 1. The van der Waals surface area contributed by atoms with Gasteiger partial charge in [0.15, 0.2) is 0 Å². The van der Waals surface area contributed by atoms with E-state index in [1.54, 1.807) is 6.26 Å². The van der Waals surface area contributed by atoms with Gasteiger partial charge in [0, 0.05) is 6.42 Å². The van der Waals surface area contributed by atoms with Crippen LogP contribution in [0.4, 0.5) is 79.4 Å². The highest BCUT2D eigenvalue weighted by atomic mass is 32.2. The van der Waals surface area contributed by atoms with Crippen molar-refractivity contribution in [2.24, 2.45) is 0 Å². The van der Waals surface area contributed by atoms with Crippen LogP contribution in [-0.4, -0.2) is 82.9 Å².